The van der Waals surface area contributed by atoms with Gasteiger partial charge in [0.05, 0.1) is 13.2 Å². The number of Topliss-reactive ketones (excluding diaryl/α,β-unsaturated/α-hetero) is 1. The van der Waals surface area contributed by atoms with E-state index in [-0.39, 0.29) is 11.7 Å². The van der Waals surface area contributed by atoms with Gasteiger partial charge in [-0.25, -0.2) is 0 Å². The predicted molar refractivity (Wildman–Crippen MR) is 91.2 cm³/mol. The van der Waals surface area contributed by atoms with Crippen LogP contribution in [0.25, 0.3) is 0 Å². The lowest BCUT2D eigenvalue weighted by Gasteiger charge is -2.43. The second-order valence-electron chi connectivity index (χ2n) is 7.21. The summed E-state index contributed by atoms with van der Waals surface area (Å²) in [6.07, 6.45) is 3.58. The second kappa shape index (κ2) is 6.34. The Labute approximate surface area is 143 Å². The van der Waals surface area contributed by atoms with Gasteiger partial charge in [-0.1, -0.05) is 30.3 Å². The third-order valence-electron chi connectivity index (χ3n) is 5.55. The number of hydrogen-bond acceptors (Lipinski definition) is 4. The van der Waals surface area contributed by atoms with Gasteiger partial charge < -0.3 is 14.4 Å². The lowest BCUT2D eigenvalue weighted by molar-refractivity contribution is -0.166. The predicted octanol–water partition coefficient (Wildman–Crippen LogP) is 3.28. The number of carbonyl (C=O) groups excluding carboxylic acids is 1. The first-order valence-corrected chi connectivity index (χ1v) is 8.93. The van der Waals surface area contributed by atoms with E-state index in [0.717, 1.165) is 38.8 Å². The molecule has 4 heteroatoms. The van der Waals surface area contributed by atoms with Crippen LogP contribution in [0.15, 0.2) is 41.6 Å². The van der Waals surface area contributed by atoms with Crippen molar-refractivity contribution in [1.29, 1.82) is 0 Å². The molecule has 1 unspecified atom stereocenters. The SMILES string of the molecule is CC(=O)C1CC2=C(CCC3(C2)OCCO3)N(Cc2ccccc2)C1. The number of ketones is 1. The molecule has 1 fully saturated rings. The van der Waals surface area contributed by atoms with Crippen LogP contribution in [0.1, 0.15) is 38.2 Å². The van der Waals surface area contributed by atoms with Crippen molar-refractivity contribution in [1.82, 2.24) is 4.90 Å². The average Bonchev–Trinajstić information content (AvgIpc) is 3.03. The van der Waals surface area contributed by atoms with E-state index < -0.39 is 5.79 Å². The maximum atomic E-state index is 12.1. The largest absolute Gasteiger partial charge is 0.370 e. The molecule has 2 heterocycles. The van der Waals surface area contributed by atoms with E-state index >= 15 is 0 Å². The molecule has 2 aliphatic heterocycles. The Morgan fingerprint density at radius 1 is 1.25 bits per heavy atom. The monoisotopic (exact) mass is 327 g/mol. The molecule has 0 radical (unpaired) electrons. The van der Waals surface area contributed by atoms with Gasteiger partial charge in [0.25, 0.3) is 0 Å². The van der Waals surface area contributed by atoms with Crippen molar-refractivity contribution in [3.8, 4) is 0 Å². The topological polar surface area (TPSA) is 38.8 Å². The molecule has 4 nitrogen and oxygen atoms in total. The fourth-order valence-corrected chi connectivity index (χ4v) is 4.29. The van der Waals surface area contributed by atoms with E-state index in [1.807, 2.05) is 6.07 Å². The average molecular weight is 327 g/mol. The van der Waals surface area contributed by atoms with Gasteiger partial charge in [-0.05, 0) is 30.9 Å². The summed E-state index contributed by atoms with van der Waals surface area (Å²) in [6, 6.07) is 10.5. The highest BCUT2D eigenvalue weighted by atomic mass is 16.7. The quantitative estimate of drug-likeness (QED) is 0.854. The van der Waals surface area contributed by atoms with E-state index in [4.69, 9.17) is 9.47 Å². The van der Waals surface area contributed by atoms with Crippen molar-refractivity contribution in [3.05, 3.63) is 47.2 Å². The summed E-state index contributed by atoms with van der Waals surface area (Å²) in [4.78, 5) is 14.5. The number of rotatable bonds is 3. The molecular formula is C20H25NO3. The van der Waals surface area contributed by atoms with Crippen molar-refractivity contribution in [2.24, 2.45) is 5.92 Å². The van der Waals surface area contributed by atoms with Crippen LogP contribution in [0.3, 0.4) is 0 Å². The van der Waals surface area contributed by atoms with Crippen LogP contribution in [0.2, 0.25) is 0 Å². The van der Waals surface area contributed by atoms with Gasteiger partial charge in [0.15, 0.2) is 5.79 Å². The Bertz CT molecular complexity index is 646. The summed E-state index contributed by atoms with van der Waals surface area (Å²) in [5.41, 5.74) is 4.08. The van der Waals surface area contributed by atoms with E-state index in [9.17, 15) is 4.79 Å². The Hall–Kier alpha value is -1.65. The molecule has 1 aromatic rings. The maximum Gasteiger partial charge on any atom is 0.172 e. The fraction of sp³-hybridized carbons (Fsp3) is 0.550. The third-order valence-corrected chi connectivity index (χ3v) is 5.55. The highest BCUT2D eigenvalue weighted by Crippen LogP contribution is 2.44. The minimum atomic E-state index is -0.421. The molecule has 1 aliphatic carbocycles. The minimum Gasteiger partial charge on any atom is -0.370 e. The zero-order chi connectivity index (χ0) is 16.6. The van der Waals surface area contributed by atoms with E-state index in [1.54, 1.807) is 6.92 Å². The molecule has 0 amide bonds. The van der Waals surface area contributed by atoms with Crippen molar-refractivity contribution < 1.29 is 14.3 Å². The molecule has 1 atom stereocenters. The van der Waals surface area contributed by atoms with Crippen LogP contribution >= 0.6 is 0 Å². The lowest BCUT2D eigenvalue weighted by atomic mass is 9.80. The first-order chi connectivity index (χ1) is 11.7. The molecule has 24 heavy (non-hydrogen) atoms. The van der Waals surface area contributed by atoms with Crippen LogP contribution in [-0.2, 0) is 20.8 Å². The van der Waals surface area contributed by atoms with E-state index in [1.165, 1.54) is 16.8 Å². The number of ether oxygens (including phenoxy) is 2. The highest BCUT2D eigenvalue weighted by Gasteiger charge is 2.43. The Balaban J connectivity index is 1.61. The van der Waals surface area contributed by atoms with E-state index in [0.29, 0.717) is 13.2 Å². The molecule has 128 valence electrons. The van der Waals surface area contributed by atoms with Crippen LogP contribution in [0.5, 0.6) is 0 Å². The van der Waals surface area contributed by atoms with Gasteiger partial charge >= 0.3 is 0 Å². The summed E-state index contributed by atoms with van der Waals surface area (Å²) >= 11 is 0. The molecule has 4 rings (SSSR count). The molecule has 1 saturated heterocycles. The molecule has 0 N–H and O–H groups in total. The van der Waals surface area contributed by atoms with Gasteiger partial charge in [0, 0.05) is 37.5 Å². The van der Waals surface area contributed by atoms with Gasteiger partial charge in [-0.2, -0.15) is 0 Å². The van der Waals surface area contributed by atoms with Crippen molar-refractivity contribution in [3.63, 3.8) is 0 Å². The number of allylic oxidation sites excluding steroid dienone is 1. The smallest absolute Gasteiger partial charge is 0.172 e. The third kappa shape index (κ3) is 3.01. The minimum absolute atomic E-state index is 0.0871. The van der Waals surface area contributed by atoms with Gasteiger partial charge in [-0.15, -0.1) is 0 Å². The molecule has 0 saturated carbocycles. The maximum absolute atomic E-state index is 12.1. The number of hydrogen-bond donors (Lipinski definition) is 0. The van der Waals surface area contributed by atoms with Crippen molar-refractivity contribution in [2.45, 2.75) is 44.9 Å². The van der Waals surface area contributed by atoms with Crippen LogP contribution in [0, 0.1) is 5.92 Å². The number of benzene rings is 1. The molecule has 0 bridgehead atoms. The molecule has 3 aliphatic rings. The summed E-state index contributed by atoms with van der Waals surface area (Å²) in [6.45, 7) is 4.80. The molecular weight excluding hydrogens is 302 g/mol. The Kier molecular flexibility index (Phi) is 4.19. The zero-order valence-electron chi connectivity index (χ0n) is 14.3. The molecule has 1 spiro atoms. The highest BCUT2D eigenvalue weighted by molar-refractivity contribution is 5.79. The normalized spacial score (nSPS) is 25.9. The number of carbonyl (C=O) groups is 1. The lowest BCUT2D eigenvalue weighted by Crippen LogP contribution is -2.43. The zero-order valence-corrected chi connectivity index (χ0v) is 14.3. The summed E-state index contributed by atoms with van der Waals surface area (Å²) < 4.78 is 11.8. The Morgan fingerprint density at radius 2 is 2.00 bits per heavy atom. The number of nitrogens with zero attached hydrogens (tertiary/aromatic N) is 1. The van der Waals surface area contributed by atoms with Crippen LogP contribution in [0.4, 0.5) is 0 Å². The van der Waals surface area contributed by atoms with Gasteiger partial charge in [0.2, 0.25) is 0 Å². The van der Waals surface area contributed by atoms with Crippen LogP contribution < -0.4 is 0 Å². The van der Waals surface area contributed by atoms with E-state index in [2.05, 4.69) is 29.2 Å². The molecule has 0 aromatic heterocycles. The van der Waals surface area contributed by atoms with Gasteiger partial charge in [-0.3, -0.25) is 4.79 Å². The fourth-order valence-electron chi connectivity index (χ4n) is 4.29. The summed E-state index contributed by atoms with van der Waals surface area (Å²) in [5.74, 6) is -0.0489. The van der Waals surface area contributed by atoms with Gasteiger partial charge in [0.1, 0.15) is 5.78 Å². The van der Waals surface area contributed by atoms with Crippen molar-refractivity contribution in [2.75, 3.05) is 19.8 Å². The second-order valence-corrected chi connectivity index (χ2v) is 7.21. The van der Waals surface area contributed by atoms with Crippen molar-refractivity contribution >= 4 is 5.78 Å². The first-order valence-electron chi connectivity index (χ1n) is 8.93. The molecule has 1 aromatic carbocycles. The summed E-state index contributed by atoms with van der Waals surface area (Å²) in [7, 11) is 0. The Morgan fingerprint density at radius 3 is 2.71 bits per heavy atom. The standard InChI is InChI=1S/C20H25NO3/c1-15(22)18-11-17-12-20(23-9-10-24-20)8-7-19(17)21(14-18)13-16-5-3-2-4-6-16/h2-6,18H,7-14H2,1H3. The first kappa shape index (κ1) is 15.9. The van der Waals surface area contributed by atoms with Crippen LogP contribution in [-0.4, -0.2) is 36.2 Å². The summed E-state index contributed by atoms with van der Waals surface area (Å²) in [5, 5.41) is 0.